The number of carbonyl (C=O) groups is 1. The molecule has 7 nitrogen and oxygen atoms in total. The van der Waals surface area contributed by atoms with Gasteiger partial charge in [-0.3, -0.25) is 9.36 Å². The van der Waals surface area contributed by atoms with Gasteiger partial charge >= 0.3 is 11.7 Å². The summed E-state index contributed by atoms with van der Waals surface area (Å²) in [5.41, 5.74) is -0.241. The van der Waals surface area contributed by atoms with E-state index in [1.807, 2.05) is 0 Å². The van der Waals surface area contributed by atoms with Gasteiger partial charge in [-0.2, -0.15) is 5.10 Å². The molecule has 1 aliphatic heterocycles. The van der Waals surface area contributed by atoms with Crippen LogP contribution < -0.4 is 11.0 Å². The Morgan fingerprint density at radius 3 is 2.94 bits per heavy atom. The molecule has 0 aliphatic carbocycles. The lowest BCUT2D eigenvalue weighted by Gasteiger charge is -2.22. The van der Waals surface area contributed by atoms with E-state index >= 15 is 0 Å². The van der Waals surface area contributed by atoms with Crippen LogP contribution in [0.5, 0.6) is 0 Å². The van der Waals surface area contributed by atoms with Crippen molar-refractivity contribution in [2.24, 2.45) is 0 Å². The van der Waals surface area contributed by atoms with Gasteiger partial charge in [0.1, 0.15) is 12.9 Å². The zero-order valence-corrected chi connectivity index (χ0v) is 10.5. The Bertz CT molecular complexity index is 459. The standard InChI is InChI=1S/C11H18N4O3/c1-2-18-10(16)7-15-11(17)14(8-13-15)9-3-5-12-6-4-9/h8-9,12H,2-7H2,1H3. The number of nitrogens with zero attached hydrogens (tertiary/aromatic N) is 3. The monoisotopic (exact) mass is 254 g/mol. The molecule has 0 bridgehead atoms. The molecule has 0 saturated carbocycles. The third kappa shape index (κ3) is 2.79. The van der Waals surface area contributed by atoms with Crippen LogP contribution in [0.4, 0.5) is 0 Å². The van der Waals surface area contributed by atoms with Crippen LogP contribution in [0.1, 0.15) is 25.8 Å². The van der Waals surface area contributed by atoms with Crippen LogP contribution in [0.15, 0.2) is 11.1 Å². The summed E-state index contributed by atoms with van der Waals surface area (Å²) >= 11 is 0. The van der Waals surface area contributed by atoms with E-state index in [1.54, 1.807) is 11.5 Å². The number of hydrogen-bond acceptors (Lipinski definition) is 5. The van der Waals surface area contributed by atoms with Crippen LogP contribution in [0, 0.1) is 0 Å². The maximum absolute atomic E-state index is 12.0. The molecule has 7 heteroatoms. The predicted molar refractivity (Wildman–Crippen MR) is 64.3 cm³/mol. The average Bonchev–Trinajstić information content (AvgIpc) is 2.72. The molecule has 0 radical (unpaired) electrons. The molecule has 1 aromatic heterocycles. The van der Waals surface area contributed by atoms with Crippen molar-refractivity contribution in [1.29, 1.82) is 0 Å². The Labute approximate surface area is 105 Å². The second-order valence-corrected chi connectivity index (χ2v) is 4.26. The Hall–Kier alpha value is -1.63. The average molecular weight is 254 g/mol. The lowest BCUT2D eigenvalue weighted by Crippen LogP contribution is -2.35. The molecule has 0 amide bonds. The minimum absolute atomic E-state index is 0.120. The lowest BCUT2D eigenvalue weighted by molar-refractivity contribution is -0.144. The van der Waals surface area contributed by atoms with E-state index in [2.05, 4.69) is 10.4 Å². The van der Waals surface area contributed by atoms with E-state index < -0.39 is 5.97 Å². The third-order valence-electron chi connectivity index (χ3n) is 3.04. The van der Waals surface area contributed by atoms with Gasteiger partial charge in [-0.05, 0) is 32.9 Å². The van der Waals surface area contributed by atoms with Crippen molar-refractivity contribution in [2.75, 3.05) is 19.7 Å². The molecule has 2 rings (SSSR count). The summed E-state index contributed by atoms with van der Waals surface area (Å²) in [4.78, 5) is 23.4. The van der Waals surface area contributed by atoms with Crippen molar-refractivity contribution < 1.29 is 9.53 Å². The number of ether oxygens (including phenoxy) is 1. The molecular formula is C11H18N4O3. The van der Waals surface area contributed by atoms with Gasteiger partial charge in [-0.1, -0.05) is 0 Å². The molecule has 0 unspecified atom stereocenters. The van der Waals surface area contributed by atoms with E-state index in [9.17, 15) is 9.59 Å². The Morgan fingerprint density at radius 2 is 2.28 bits per heavy atom. The summed E-state index contributed by atoms with van der Waals surface area (Å²) in [6.07, 6.45) is 3.33. The zero-order valence-electron chi connectivity index (χ0n) is 10.5. The van der Waals surface area contributed by atoms with E-state index in [0.29, 0.717) is 6.61 Å². The highest BCUT2D eigenvalue weighted by Crippen LogP contribution is 2.15. The fourth-order valence-electron chi connectivity index (χ4n) is 2.12. The first-order chi connectivity index (χ1) is 8.72. The molecule has 1 N–H and O–H groups in total. The fourth-order valence-corrected chi connectivity index (χ4v) is 2.12. The van der Waals surface area contributed by atoms with Gasteiger partial charge in [-0.15, -0.1) is 0 Å². The number of piperidine rings is 1. The highest BCUT2D eigenvalue weighted by atomic mass is 16.5. The van der Waals surface area contributed by atoms with Gasteiger partial charge in [0.05, 0.1) is 6.61 Å². The van der Waals surface area contributed by atoms with Crippen LogP contribution in [-0.4, -0.2) is 40.0 Å². The molecule has 1 fully saturated rings. The summed E-state index contributed by atoms with van der Waals surface area (Å²) in [6.45, 7) is 3.72. The quantitative estimate of drug-likeness (QED) is 0.735. The molecule has 0 spiro atoms. The van der Waals surface area contributed by atoms with Gasteiger partial charge in [-0.25, -0.2) is 9.48 Å². The minimum atomic E-state index is -0.435. The Balaban J connectivity index is 2.08. The molecule has 0 aromatic carbocycles. The van der Waals surface area contributed by atoms with Crippen molar-refractivity contribution in [3.63, 3.8) is 0 Å². The maximum atomic E-state index is 12.0. The van der Waals surface area contributed by atoms with E-state index in [1.165, 1.54) is 6.33 Å². The molecule has 1 saturated heterocycles. The van der Waals surface area contributed by atoms with E-state index in [-0.39, 0.29) is 18.3 Å². The van der Waals surface area contributed by atoms with Gasteiger partial charge in [0.25, 0.3) is 0 Å². The van der Waals surface area contributed by atoms with Gasteiger partial charge in [0.2, 0.25) is 0 Å². The molecule has 18 heavy (non-hydrogen) atoms. The molecule has 2 heterocycles. The maximum Gasteiger partial charge on any atom is 0.346 e. The van der Waals surface area contributed by atoms with E-state index in [4.69, 9.17) is 4.74 Å². The van der Waals surface area contributed by atoms with Crippen molar-refractivity contribution >= 4 is 5.97 Å². The van der Waals surface area contributed by atoms with Crippen LogP contribution in [0.25, 0.3) is 0 Å². The number of nitrogens with one attached hydrogen (secondary N) is 1. The molecule has 1 aliphatic rings. The minimum Gasteiger partial charge on any atom is -0.465 e. The summed E-state index contributed by atoms with van der Waals surface area (Å²) < 4.78 is 7.56. The summed E-state index contributed by atoms with van der Waals surface area (Å²) in [6, 6.07) is 0.176. The second-order valence-electron chi connectivity index (χ2n) is 4.26. The van der Waals surface area contributed by atoms with Crippen LogP contribution in [-0.2, 0) is 16.1 Å². The normalized spacial score (nSPS) is 16.7. The summed E-state index contributed by atoms with van der Waals surface area (Å²) in [5, 5.41) is 7.20. The first-order valence-corrected chi connectivity index (χ1v) is 6.22. The van der Waals surface area contributed by atoms with Crippen molar-refractivity contribution in [3.8, 4) is 0 Å². The highest BCUT2D eigenvalue weighted by Gasteiger charge is 2.19. The fraction of sp³-hybridized carbons (Fsp3) is 0.727. The van der Waals surface area contributed by atoms with Gasteiger partial charge in [0.15, 0.2) is 0 Å². The lowest BCUT2D eigenvalue weighted by atomic mass is 10.1. The number of rotatable bonds is 4. The second kappa shape index (κ2) is 5.81. The summed E-state index contributed by atoms with van der Waals surface area (Å²) in [5.74, 6) is -0.435. The number of aromatic nitrogens is 3. The molecule has 1 aromatic rings. The topological polar surface area (TPSA) is 78.2 Å². The molecule has 0 atom stereocenters. The first kappa shape index (κ1) is 12.8. The largest absolute Gasteiger partial charge is 0.465 e. The third-order valence-corrected chi connectivity index (χ3v) is 3.04. The van der Waals surface area contributed by atoms with Gasteiger partial charge in [0, 0.05) is 6.04 Å². The SMILES string of the molecule is CCOC(=O)Cn1ncn(C2CCNCC2)c1=O. The van der Waals surface area contributed by atoms with Gasteiger partial charge < -0.3 is 10.1 Å². The van der Waals surface area contributed by atoms with Crippen molar-refractivity contribution in [3.05, 3.63) is 16.8 Å². The number of carbonyl (C=O) groups excluding carboxylic acids is 1. The first-order valence-electron chi connectivity index (χ1n) is 6.22. The highest BCUT2D eigenvalue weighted by molar-refractivity contribution is 5.68. The van der Waals surface area contributed by atoms with Crippen LogP contribution in [0.3, 0.4) is 0 Å². The Kier molecular flexibility index (Phi) is 4.14. The molecule has 100 valence electrons. The zero-order chi connectivity index (χ0) is 13.0. The van der Waals surface area contributed by atoms with Crippen molar-refractivity contribution in [1.82, 2.24) is 19.7 Å². The summed E-state index contributed by atoms with van der Waals surface area (Å²) in [7, 11) is 0. The van der Waals surface area contributed by atoms with Crippen LogP contribution >= 0.6 is 0 Å². The number of hydrogen-bond donors (Lipinski definition) is 1. The molecular weight excluding hydrogens is 236 g/mol. The van der Waals surface area contributed by atoms with Crippen LogP contribution in [0.2, 0.25) is 0 Å². The smallest absolute Gasteiger partial charge is 0.346 e. The van der Waals surface area contributed by atoms with Crippen molar-refractivity contribution in [2.45, 2.75) is 32.4 Å². The Morgan fingerprint density at radius 1 is 1.56 bits per heavy atom. The predicted octanol–water partition coefficient (Wildman–Crippen LogP) is -0.468. The van der Waals surface area contributed by atoms with E-state index in [0.717, 1.165) is 30.6 Å². The number of esters is 1.